The van der Waals surface area contributed by atoms with Crippen molar-refractivity contribution < 1.29 is 22.8 Å². The lowest BCUT2D eigenvalue weighted by Crippen LogP contribution is -2.27. The van der Waals surface area contributed by atoms with Crippen molar-refractivity contribution in [2.45, 2.75) is 19.1 Å². The van der Waals surface area contributed by atoms with Crippen molar-refractivity contribution in [1.82, 2.24) is 30.2 Å². The molecular weight excluding hydrogens is 554 g/mol. The monoisotopic (exact) mass is 567 g/mol. The van der Waals surface area contributed by atoms with E-state index in [1.807, 2.05) is 0 Å². The number of carbonyl (C=O) groups excluding carboxylic acids is 2. The summed E-state index contributed by atoms with van der Waals surface area (Å²) in [6.07, 6.45) is 0.0900. The van der Waals surface area contributed by atoms with Crippen molar-refractivity contribution >= 4 is 52.2 Å². The predicted octanol–water partition coefficient (Wildman–Crippen LogP) is 5.46. The van der Waals surface area contributed by atoms with Crippen LogP contribution in [-0.2, 0) is 6.18 Å². The van der Waals surface area contributed by atoms with Crippen LogP contribution in [0.3, 0.4) is 0 Å². The summed E-state index contributed by atoms with van der Waals surface area (Å²) in [7, 11) is 0. The standard InChI is InChI=1S/C22H14Cl2F3N7O2S/c1-10(33-19(35)15-6-14(31-9-32-15)11-2-3-28-17(24)4-11)21-30-8-16(37-21)20(36)34-18-5-12(22(25,26)27)13(23)7-29-18/h2-10H,1H3,(H,33,35)(H,29,34,36). The highest BCUT2D eigenvalue weighted by Crippen LogP contribution is 2.35. The smallest absolute Gasteiger partial charge is 0.342 e. The van der Waals surface area contributed by atoms with E-state index >= 15 is 0 Å². The van der Waals surface area contributed by atoms with E-state index in [0.29, 0.717) is 22.3 Å². The summed E-state index contributed by atoms with van der Waals surface area (Å²) in [6.45, 7) is 1.65. The molecule has 4 aromatic heterocycles. The topological polar surface area (TPSA) is 123 Å². The molecule has 4 rings (SSSR count). The van der Waals surface area contributed by atoms with Crippen LogP contribution in [0.4, 0.5) is 19.0 Å². The van der Waals surface area contributed by atoms with Gasteiger partial charge in [0, 0.05) is 18.0 Å². The first-order valence-corrected chi connectivity index (χ1v) is 11.8. The molecule has 1 unspecified atom stereocenters. The van der Waals surface area contributed by atoms with Gasteiger partial charge in [-0.15, -0.1) is 11.3 Å². The molecule has 0 aliphatic rings. The van der Waals surface area contributed by atoms with Gasteiger partial charge in [-0.25, -0.2) is 24.9 Å². The number of pyridine rings is 2. The fourth-order valence-electron chi connectivity index (χ4n) is 3.03. The molecule has 0 aromatic carbocycles. The first-order chi connectivity index (χ1) is 17.5. The summed E-state index contributed by atoms with van der Waals surface area (Å²) in [5, 5.41) is 5.08. The number of nitrogens with one attached hydrogen (secondary N) is 2. The largest absolute Gasteiger partial charge is 0.418 e. The van der Waals surface area contributed by atoms with E-state index in [9.17, 15) is 22.8 Å². The number of rotatable bonds is 6. The molecule has 0 saturated heterocycles. The quantitative estimate of drug-likeness (QED) is 0.296. The molecule has 9 nitrogen and oxygen atoms in total. The van der Waals surface area contributed by atoms with E-state index in [4.69, 9.17) is 23.2 Å². The minimum atomic E-state index is -4.71. The average molecular weight is 568 g/mol. The molecular formula is C22H14Cl2F3N7O2S. The Morgan fingerprint density at radius 2 is 1.78 bits per heavy atom. The lowest BCUT2D eigenvalue weighted by atomic mass is 10.1. The van der Waals surface area contributed by atoms with Gasteiger partial charge in [0.15, 0.2) is 0 Å². The second-order valence-corrected chi connectivity index (χ2v) is 9.27. The van der Waals surface area contributed by atoms with Crippen LogP contribution in [0.5, 0.6) is 0 Å². The van der Waals surface area contributed by atoms with Gasteiger partial charge in [0.2, 0.25) is 0 Å². The van der Waals surface area contributed by atoms with E-state index in [1.165, 1.54) is 24.8 Å². The zero-order chi connectivity index (χ0) is 26.7. The van der Waals surface area contributed by atoms with Crippen molar-refractivity contribution in [3.63, 3.8) is 0 Å². The number of hydrogen-bond donors (Lipinski definition) is 2. The Labute approximate surface area is 221 Å². The average Bonchev–Trinajstić information content (AvgIpc) is 3.35. The van der Waals surface area contributed by atoms with Crippen LogP contribution >= 0.6 is 34.5 Å². The molecule has 0 saturated carbocycles. The normalized spacial score (nSPS) is 12.2. The van der Waals surface area contributed by atoms with Crippen molar-refractivity contribution in [2.75, 3.05) is 5.32 Å². The number of aromatic nitrogens is 5. The molecule has 0 aliphatic carbocycles. The second kappa shape index (κ2) is 10.7. The summed E-state index contributed by atoms with van der Waals surface area (Å²) in [4.78, 5) is 45.3. The fourth-order valence-corrected chi connectivity index (χ4v) is 4.23. The number of thiazole rings is 1. The summed E-state index contributed by atoms with van der Waals surface area (Å²) in [5.41, 5.74) is 0.0849. The van der Waals surface area contributed by atoms with Crippen LogP contribution in [0.2, 0.25) is 10.2 Å². The third kappa shape index (κ3) is 6.37. The Balaban J connectivity index is 1.43. The molecule has 15 heteroatoms. The number of hydrogen-bond acceptors (Lipinski definition) is 8. The molecule has 4 aromatic rings. The molecule has 0 radical (unpaired) electrons. The first kappa shape index (κ1) is 26.4. The molecule has 0 fully saturated rings. The highest BCUT2D eigenvalue weighted by atomic mass is 35.5. The minimum Gasteiger partial charge on any atom is -0.342 e. The second-order valence-electron chi connectivity index (χ2n) is 7.41. The van der Waals surface area contributed by atoms with Crippen molar-refractivity contribution in [1.29, 1.82) is 0 Å². The number of carbonyl (C=O) groups is 2. The number of amides is 2. The van der Waals surface area contributed by atoms with Gasteiger partial charge in [-0.1, -0.05) is 23.2 Å². The Bertz CT molecular complexity index is 1480. The number of alkyl halides is 3. The predicted molar refractivity (Wildman–Crippen MR) is 130 cm³/mol. The summed E-state index contributed by atoms with van der Waals surface area (Å²) >= 11 is 12.4. The van der Waals surface area contributed by atoms with Crippen LogP contribution in [0.1, 0.15) is 43.7 Å². The SMILES string of the molecule is CC(NC(=O)c1cc(-c2ccnc(Cl)c2)ncn1)c1ncc(C(=O)Nc2cc(C(F)(F)F)c(Cl)cn2)s1. The molecule has 4 heterocycles. The van der Waals surface area contributed by atoms with Crippen molar-refractivity contribution in [3.8, 4) is 11.3 Å². The number of nitrogens with zero attached hydrogens (tertiary/aromatic N) is 5. The third-order valence-electron chi connectivity index (χ3n) is 4.79. The van der Waals surface area contributed by atoms with Gasteiger partial charge in [0.25, 0.3) is 11.8 Å². The third-order valence-corrected chi connectivity index (χ3v) is 6.48. The van der Waals surface area contributed by atoms with Gasteiger partial charge in [0.1, 0.15) is 32.9 Å². The Hall–Kier alpha value is -3.68. The summed E-state index contributed by atoms with van der Waals surface area (Å²) < 4.78 is 39.1. The minimum absolute atomic E-state index is 0.0913. The zero-order valence-electron chi connectivity index (χ0n) is 18.5. The van der Waals surface area contributed by atoms with Crippen LogP contribution in [0.15, 0.2) is 49.2 Å². The first-order valence-electron chi connectivity index (χ1n) is 10.3. The lowest BCUT2D eigenvalue weighted by Gasteiger charge is -2.11. The van der Waals surface area contributed by atoms with E-state index in [2.05, 4.69) is 35.6 Å². The Kier molecular flexibility index (Phi) is 7.66. The van der Waals surface area contributed by atoms with E-state index < -0.39 is 34.6 Å². The van der Waals surface area contributed by atoms with Crippen LogP contribution in [0, 0.1) is 0 Å². The Morgan fingerprint density at radius 3 is 2.51 bits per heavy atom. The highest BCUT2D eigenvalue weighted by Gasteiger charge is 2.34. The van der Waals surface area contributed by atoms with Crippen LogP contribution in [0.25, 0.3) is 11.3 Å². The van der Waals surface area contributed by atoms with Crippen molar-refractivity contribution in [2.24, 2.45) is 0 Å². The fraction of sp³-hybridized carbons (Fsp3) is 0.136. The number of anilines is 1. The van der Waals surface area contributed by atoms with Crippen LogP contribution < -0.4 is 10.6 Å². The molecule has 190 valence electrons. The molecule has 1 atom stereocenters. The summed E-state index contributed by atoms with van der Waals surface area (Å²) in [5.74, 6) is -1.56. The van der Waals surface area contributed by atoms with Gasteiger partial charge in [0.05, 0.1) is 28.5 Å². The maximum absolute atomic E-state index is 13.0. The highest BCUT2D eigenvalue weighted by molar-refractivity contribution is 7.13. The number of halogens is 5. The molecule has 2 N–H and O–H groups in total. The van der Waals surface area contributed by atoms with Gasteiger partial charge >= 0.3 is 6.18 Å². The van der Waals surface area contributed by atoms with Gasteiger partial charge in [-0.05, 0) is 31.2 Å². The molecule has 37 heavy (non-hydrogen) atoms. The Morgan fingerprint density at radius 1 is 1.00 bits per heavy atom. The molecule has 0 bridgehead atoms. The summed E-state index contributed by atoms with van der Waals surface area (Å²) in [6, 6.07) is 4.80. The van der Waals surface area contributed by atoms with Crippen LogP contribution in [-0.4, -0.2) is 36.7 Å². The lowest BCUT2D eigenvalue weighted by molar-refractivity contribution is -0.137. The van der Waals surface area contributed by atoms with Crippen molar-refractivity contribution in [3.05, 3.63) is 80.5 Å². The maximum Gasteiger partial charge on any atom is 0.418 e. The van der Waals surface area contributed by atoms with E-state index in [-0.39, 0.29) is 21.5 Å². The van der Waals surface area contributed by atoms with E-state index in [1.54, 1.807) is 19.1 Å². The zero-order valence-corrected chi connectivity index (χ0v) is 20.9. The van der Waals surface area contributed by atoms with Gasteiger partial charge in [-0.3, -0.25) is 9.59 Å². The van der Waals surface area contributed by atoms with Gasteiger partial charge < -0.3 is 10.6 Å². The molecule has 0 spiro atoms. The van der Waals surface area contributed by atoms with E-state index in [0.717, 1.165) is 17.5 Å². The van der Waals surface area contributed by atoms with Gasteiger partial charge in [-0.2, -0.15) is 13.2 Å². The molecule has 0 aliphatic heterocycles. The molecule has 2 amide bonds. The maximum atomic E-state index is 13.0.